The first-order chi connectivity index (χ1) is 15.8. The Hall–Kier alpha value is -3.33. The summed E-state index contributed by atoms with van der Waals surface area (Å²) < 4.78 is 7.08. The van der Waals surface area contributed by atoms with Crippen LogP contribution in [0.1, 0.15) is 16.2 Å². The summed E-state index contributed by atoms with van der Waals surface area (Å²) in [4.78, 5) is 20.1. The van der Waals surface area contributed by atoms with E-state index in [9.17, 15) is 4.79 Å². The van der Waals surface area contributed by atoms with Gasteiger partial charge in [0.05, 0.1) is 30.3 Å². The number of carbonyl (C=O) groups is 1. The molecule has 1 amide bonds. The molecule has 32 heavy (non-hydrogen) atoms. The van der Waals surface area contributed by atoms with E-state index in [1.54, 1.807) is 4.68 Å². The van der Waals surface area contributed by atoms with Gasteiger partial charge in [-0.05, 0) is 18.2 Å². The number of rotatable bonds is 6. The molecule has 162 valence electrons. The van der Waals surface area contributed by atoms with Crippen molar-refractivity contribution in [1.82, 2.24) is 19.7 Å². The van der Waals surface area contributed by atoms with Crippen molar-refractivity contribution in [1.29, 1.82) is 0 Å². The molecule has 7 nitrogen and oxygen atoms in total. The van der Waals surface area contributed by atoms with Gasteiger partial charge in [0.2, 0.25) is 0 Å². The summed E-state index contributed by atoms with van der Waals surface area (Å²) in [7, 11) is 0. The van der Waals surface area contributed by atoms with Crippen LogP contribution in [0.5, 0.6) is 0 Å². The molecule has 2 aromatic carbocycles. The van der Waals surface area contributed by atoms with E-state index in [0.29, 0.717) is 10.8 Å². The standard InChI is InChI=1S/C24H23N5O2S/c30-23(26-24-25-19(17-32-24)16-28-11-13-31-14-12-28)22-15-21(18-7-3-1-4-8-18)27-29(22)20-9-5-2-6-10-20/h1-10,15,17H,11-14,16H2,(H,25,26,30). The van der Waals surface area contributed by atoms with Crippen molar-refractivity contribution in [2.24, 2.45) is 0 Å². The summed E-state index contributed by atoms with van der Waals surface area (Å²) in [5.41, 5.74) is 3.94. The number of anilines is 1. The third kappa shape index (κ3) is 4.62. The van der Waals surface area contributed by atoms with Gasteiger partial charge in [0.25, 0.3) is 5.91 Å². The Kier molecular flexibility index (Phi) is 6.06. The topological polar surface area (TPSA) is 72.3 Å². The molecule has 1 saturated heterocycles. The maximum atomic E-state index is 13.2. The number of hydrogen-bond donors (Lipinski definition) is 1. The third-order valence-electron chi connectivity index (χ3n) is 5.27. The van der Waals surface area contributed by atoms with Crippen LogP contribution >= 0.6 is 11.3 Å². The van der Waals surface area contributed by atoms with E-state index in [-0.39, 0.29) is 5.91 Å². The zero-order valence-corrected chi connectivity index (χ0v) is 18.3. The van der Waals surface area contributed by atoms with Gasteiger partial charge < -0.3 is 4.74 Å². The SMILES string of the molecule is O=C(Nc1nc(CN2CCOCC2)cs1)c1cc(-c2ccccc2)nn1-c1ccccc1. The average Bonchev–Trinajstić information content (AvgIpc) is 3.48. The quantitative estimate of drug-likeness (QED) is 0.484. The van der Waals surface area contributed by atoms with Crippen LogP contribution in [0.3, 0.4) is 0 Å². The van der Waals surface area contributed by atoms with E-state index >= 15 is 0 Å². The second-order valence-electron chi connectivity index (χ2n) is 7.51. The molecular weight excluding hydrogens is 422 g/mol. The van der Waals surface area contributed by atoms with Crippen LogP contribution in [0.2, 0.25) is 0 Å². The second-order valence-corrected chi connectivity index (χ2v) is 8.37. The van der Waals surface area contributed by atoms with E-state index in [1.807, 2.05) is 72.1 Å². The summed E-state index contributed by atoms with van der Waals surface area (Å²) >= 11 is 1.44. The minimum absolute atomic E-state index is 0.240. The number of thiazole rings is 1. The van der Waals surface area contributed by atoms with E-state index in [0.717, 1.165) is 55.5 Å². The number of morpholine rings is 1. The molecule has 0 spiro atoms. The Bertz CT molecular complexity index is 1180. The van der Waals surface area contributed by atoms with Gasteiger partial charge >= 0.3 is 0 Å². The zero-order chi connectivity index (χ0) is 21.8. The maximum Gasteiger partial charge on any atom is 0.276 e. The van der Waals surface area contributed by atoms with Crippen molar-refractivity contribution in [2.75, 3.05) is 31.6 Å². The summed E-state index contributed by atoms with van der Waals surface area (Å²) in [5, 5.41) is 10.3. The molecule has 8 heteroatoms. The van der Waals surface area contributed by atoms with E-state index < -0.39 is 0 Å². The van der Waals surface area contributed by atoms with Gasteiger partial charge in [0.15, 0.2) is 5.13 Å². The fourth-order valence-electron chi connectivity index (χ4n) is 3.65. The monoisotopic (exact) mass is 445 g/mol. The molecule has 0 saturated carbocycles. The second kappa shape index (κ2) is 9.44. The van der Waals surface area contributed by atoms with Gasteiger partial charge in [-0.3, -0.25) is 15.0 Å². The Morgan fingerprint density at radius 1 is 1.03 bits per heavy atom. The van der Waals surface area contributed by atoms with Crippen molar-refractivity contribution >= 4 is 22.4 Å². The number of nitrogens with one attached hydrogen (secondary N) is 1. The van der Waals surface area contributed by atoms with Gasteiger partial charge in [0, 0.05) is 30.6 Å². The van der Waals surface area contributed by atoms with Crippen LogP contribution in [0, 0.1) is 0 Å². The average molecular weight is 446 g/mol. The Balaban J connectivity index is 1.39. The zero-order valence-electron chi connectivity index (χ0n) is 17.5. The molecule has 0 atom stereocenters. The lowest BCUT2D eigenvalue weighted by atomic mass is 10.1. The molecule has 1 N–H and O–H groups in total. The lowest BCUT2D eigenvalue weighted by Gasteiger charge is -2.25. The highest BCUT2D eigenvalue weighted by Gasteiger charge is 2.19. The fraction of sp³-hybridized carbons (Fsp3) is 0.208. The highest BCUT2D eigenvalue weighted by Crippen LogP contribution is 2.23. The smallest absolute Gasteiger partial charge is 0.276 e. The molecule has 4 aromatic rings. The van der Waals surface area contributed by atoms with Crippen molar-refractivity contribution in [3.8, 4) is 16.9 Å². The van der Waals surface area contributed by atoms with Gasteiger partial charge in [-0.2, -0.15) is 5.10 Å². The maximum absolute atomic E-state index is 13.2. The predicted molar refractivity (Wildman–Crippen MR) is 125 cm³/mol. The summed E-state index contributed by atoms with van der Waals surface area (Å²) in [5.74, 6) is -0.240. The van der Waals surface area contributed by atoms with Crippen LogP contribution in [0.15, 0.2) is 72.1 Å². The van der Waals surface area contributed by atoms with Crippen molar-refractivity contribution in [2.45, 2.75) is 6.54 Å². The number of hydrogen-bond acceptors (Lipinski definition) is 6. The minimum Gasteiger partial charge on any atom is -0.379 e. The van der Waals surface area contributed by atoms with Gasteiger partial charge in [-0.25, -0.2) is 9.67 Å². The number of para-hydroxylation sites is 1. The van der Waals surface area contributed by atoms with Crippen molar-refractivity contribution in [3.63, 3.8) is 0 Å². The number of carbonyl (C=O) groups excluding carboxylic acids is 1. The number of nitrogens with zero attached hydrogens (tertiary/aromatic N) is 4. The third-order valence-corrected chi connectivity index (χ3v) is 6.08. The fourth-order valence-corrected chi connectivity index (χ4v) is 4.34. The molecule has 0 unspecified atom stereocenters. The van der Waals surface area contributed by atoms with Gasteiger partial charge in [0.1, 0.15) is 5.69 Å². The van der Waals surface area contributed by atoms with Crippen molar-refractivity contribution < 1.29 is 9.53 Å². The summed E-state index contributed by atoms with van der Waals surface area (Å²) in [6.45, 7) is 4.06. The summed E-state index contributed by atoms with van der Waals surface area (Å²) in [6, 6.07) is 21.3. The first-order valence-corrected chi connectivity index (χ1v) is 11.4. The number of aromatic nitrogens is 3. The van der Waals surface area contributed by atoms with E-state index in [2.05, 4.69) is 15.2 Å². The number of amides is 1. The predicted octanol–water partition coefficient (Wildman–Crippen LogP) is 4.08. The Morgan fingerprint density at radius 2 is 1.75 bits per heavy atom. The molecule has 5 rings (SSSR count). The molecule has 3 heterocycles. The molecule has 2 aromatic heterocycles. The van der Waals surface area contributed by atoms with Crippen LogP contribution in [0.25, 0.3) is 16.9 Å². The molecule has 1 aliphatic rings. The number of ether oxygens (including phenoxy) is 1. The first kappa shape index (κ1) is 20.6. The molecule has 0 bridgehead atoms. The highest BCUT2D eigenvalue weighted by molar-refractivity contribution is 7.14. The van der Waals surface area contributed by atoms with Crippen LogP contribution in [0.4, 0.5) is 5.13 Å². The Labute approximate surface area is 190 Å². The van der Waals surface area contributed by atoms with Crippen LogP contribution < -0.4 is 5.32 Å². The van der Waals surface area contributed by atoms with Crippen LogP contribution in [-0.4, -0.2) is 51.9 Å². The first-order valence-electron chi connectivity index (χ1n) is 10.5. The molecule has 0 aliphatic carbocycles. The van der Waals surface area contributed by atoms with Crippen molar-refractivity contribution in [3.05, 3.63) is 83.5 Å². The molecule has 1 aliphatic heterocycles. The highest BCUT2D eigenvalue weighted by atomic mass is 32.1. The largest absolute Gasteiger partial charge is 0.379 e. The molecule has 1 fully saturated rings. The lowest BCUT2D eigenvalue weighted by Crippen LogP contribution is -2.35. The minimum atomic E-state index is -0.240. The Morgan fingerprint density at radius 3 is 2.50 bits per heavy atom. The van der Waals surface area contributed by atoms with Crippen LogP contribution in [-0.2, 0) is 11.3 Å². The lowest BCUT2D eigenvalue weighted by molar-refractivity contribution is 0.0337. The van der Waals surface area contributed by atoms with E-state index in [1.165, 1.54) is 11.3 Å². The normalized spacial score (nSPS) is 14.4. The van der Waals surface area contributed by atoms with E-state index in [4.69, 9.17) is 9.84 Å². The number of benzene rings is 2. The van der Waals surface area contributed by atoms with Gasteiger partial charge in [-0.15, -0.1) is 11.3 Å². The van der Waals surface area contributed by atoms with Gasteiger partial charge in [-0.1, -0.05) is 48.5 Å². The molecular formula is C24H23N5O2S. The summed E-state index contributed by atoms with van der Waals surface area (Å²) in [6.07, 6.45) is 0. The molecule has 0 radical (unpaired) electrons.